The van der Waals surface area contributed by atoms with E-state index in [1.54, 1.807) is 12.1 Å². The zero-order valence-electron chi connectivity index (χ0n) is 11.6. The second-order valence-electron chi connectivity index (χ2n) is 5.33. The standard InChI is InChI=1S/C14H20N2O3/c1-14(2)9-15-6-7-16(14)13(18)10-4-5-12(19-3)11(17)8-10/h4-5,8,15,17H,6-7,9H2,1-3H3. The predicted octanol–water partition coefficient (Wildman–Crippen LogP) is 1.22. The first kappa shape index (κ1) is 13.7. The smallest absolute Gasteiger partial charge is 0.254 e. The van der Waals surface area contributed by atoms with E-state index >= 15 is 0 Å². The number of hydrogen-bond acceptors (Lipinski definition) is 4. The van der Waals surface area contributed by atoms with Crippen molar-refractivity contribution in [2.75, 3.05) is 26.7 Å². The Hall–Kier alpha value is -1.75. The van der Waals surface area contributed by atoms with E-state index in [1.165, 1.54) is 13.2 Å². The van der Waals surface area contributed by atoms with Crippen LogP contribution in [0.3, 0.4) is 0 Å². The Morgan fingerprint density at radius 1 is 1.47 bits per heavy atom. The molecule has 0 atom stereocenters. The van der Waals surface area contributed by atoms with Crippen molar-refractivity contribution in [3.8, 4) is 11.5 Å². The lowest BCUT2D eigenvalue weighted by Crippen LogP contribution is -2.59. The topological polar surface area (TPSA) is 61.8 Å². The lowest BCUT2D eigenvalue weighted by atomic mass is 9.98. The summed E-state index contributed by atoms with van der Waals surface area (Å²) in [4.78, 5) is 14.4. The number of methoxy groups -OCH3 is 1. The van der Waals surface area contributed by atoms with Crippen molar-refractivity contribution in [2.45, 2.75) is 19.4 Å². The summed E-state index contributed by atoms with van der Waals surface area (Å²) in [5, 5.41) is 13.0. The molecule has 0 aliphatic carbocycles. The number of ether oxygens (including phenoxy) is 1. The second kappa shape index (κ2) is 5.09. The maximum absolute atomic E-state index is 12.5. The molecule has 1 saturated heterocycles. The number of nitrogens with one attached hydrogen (secondary N) is 1. The molecule has 0 radical (unpaired) electrons. The fourth-order valence-electron chi connectivity index (χ4n) is 2.34. The van der Waals surface area contributed by atoms with Crippen molar-refractivity contribution in [1.82, 2.24) is 10.2 Å². The molecule has 1 heterocycles. The van der Waals surface area contributed by atoms with E-state index in [-0.39, 0.29) is 17.2 Å². The summed E-state index contributed by atoms with van der Waals surface area (Å²) in [5.74, 6) is 0.293. The molecule has 0 unspecified atom stereocenters. The SMILES string of the molecule is COc1ccc(C(=O)N2CCNCC2(C)C)cc1O. The molecule has 5 nitrogen and oxygen atoms in total. The van der Waals surface area contributed by atoms with Crippen LogP contribution in [0.2, 0.25) is 0 Å². The van der Waals surface area contributed by atoms with Crippen LogP contribution in [0, 0.1) is 0 Å². The molecule has 1 amide bonds. The molecule has 1 fully saturated rings. The third kappa shape index (κ3) is 2.66. The monoisotopic (exact) mass is 264 g/mol. The van der Waals surface area contributed by atoms with Gasteiger partial charge in [0.05, 0.1) is 12.6 Å². The highest BCUT2D eigenvalue weighted by atomic mass is 16.5. The zero-order valence-corrected chi connectivity index (χ0v) is 11.6. The van der Waals surface area contributed by atoms with Crippen LogP contribution in [-0.2, 0) is 0 Å². The van der Waals surface area contributed by atoms with E-state index in [4.69, 9.17) is 4.74 Å². The van der Waals surface area contributed by atoms with E-state index in [0.29, 0.717) is 17.9 Å². The van der Waals surface area contributed by atoms with Gasteiger partial charge in [0.25, 0.3) is 5.91 Å². The van der Waals surface area contributed by atoms with E-state index in [2.05, 4.69) is 5.32 Å². The van der Waals surface area contributed by atoms with Gasteiger partial charge in [-0.3, -0.25) is 4.79 Å². The van der Waals surface area contributed by atoms with Crippen molar-refractivity contribution in [3.05, 3.63) is 23.8 Å². The lowest BCUT2D eigenvalue weighted by molar-refractivity contribution is 0.0477. The van der Waals surface area contributed by atoms with Gasteiger partial charge in [-0.25, -0.2) is 0 Å². The van der Waals surface area contributed by atoms with E-state index in [0.717, 1.165) is 13.1 Å². The molecule has 5 heteroatoms. The highest BCUT2D eigenvalue weighted by molar-refractivity contribution is 5.95. The van der Waals surface area contributed by atoms with Crippen LogP contribution in [0.5, 0.6) is 11.5 Å². The molecule has 19 heavy (non-hydrogen) atoms. The molecule has 1 aliphatic heterocycles. The van der Waals surface area contributed by atoms with Gasteiger partial charge < -0.3 is 20.1 Å². The molecule has 0 aromatic heterocycles. The Bertz CT molecular complexity index is 486. The summed E-state index contributed by atoms with van der Waals surface area (Å²) in [7, 11) is 1.48. The first-order valence-corrected chi connectivity index (χ1v) is 6.35. The number of carbonyl (C=O) groups excluding carboxylic acids is 1. The fourth-order valence-corrected chi connectivity index (χ4v) is 2.34. The highest BCUT2D eigenvalue weighted by Gasteiger charge is 2.33. The number of nitrogens with zero attached hydrogens (tertiary/aromatic N) is 1. The minimum atomic E-state index is -0.231. The average Bonchev–Trinajstić information content (AvgIpc) is 2.37. The number of carbonyl (C=O) groups is 1. The van der Waals surface area contributed by atoms with Crippen LogP contribution in [0.4, 0.5) is 0 Å². The Labute approximate surface area is 113 Å². The molecule has 2 rings (SSSR count). The Kier molecular flexibility index (Phi) is 3.66. The number of piperazine rings is 1. The van der Waals surface area contributed by atoms with Gasteiger partial charge in [-0.1, -0.05) is 0 Å². The first-order valence-electron chi connectivity index (χ1n) is 6.35. The Morgan fingerprint density at radius 3 is 2.79 bits per heavy atom. The minimum Gasteiger partial charge on any atom is -0.504 e. The van der Waals surface area contributed by atoms with Crippen molar-refractivity contribution in [3.63, 3.8) is 0 Å². The van der Waals surface area contributed by atoms with Gasteiger partial charge in [-0.2, -0.15) is 0 Å². The van der Waals surface area contributed by atoms with E-state index in [1.807, 2.05) is 18.7 Å². The van der Waals surface area contributed by atoms with Crippen LogP contribution in [0.1, 0.15) is 24.2 Å². The summed E-state index contributed by atoms with van der Waals surface area (Å²) in [6.07, 6.45) is 0. The zero-order chi connectivity index (χ0) is 14.0. The number of aromatic hydroxyl groups is 1. The molecule has 0 bridgehead atoms. The number of rotatable bonds is 2. The van der Waals surface area contributed by atoms with Gasteiger partial charge in [-0.05, 0) is 32.0 Å². The van der Waals surface area contributed by atoms with Gasteiger partial charge in [0.15, 0.2) is 11.5 Å². The number of phenols is 1. The molecule has 1 aliphatic rings. The maximum Gasteiger partial charge on any atom is 0.254 e. The summed E-state index contributed by atoms with van der Waals surface area (Å²) >= 11 is 0. The Balaban J connectivity index is 2.26. The first-order chi connectivity index (χ1) is 8.95. The predicted molar refractivity (Wildman–Crippen MR) is 72.6 cm³/mol. The Morgan fingerprint density at radius 2 is 2.21 bits per heavy atom. The van der Waals surface area contributed by atoms with Crippen molar-refractivity contribution in [1.29, 1.82) is 0 Å². The fraction of sp³-hybridized carbons (Fsp3) is 0.500. The van der Waals surface area contributed by atoms with Gasteiger partial charge >= 0.3 is 0 Å². The second-order valence-corrected chi connectivity index (χ2v) is 5.33. The molecule has 1 aromatic carbocycles. The number of benzene rings is 1. The van der Waals surface area contributed by atoms with Crippen molar-refractivity contribution < 1.29 is 14.6 Å². The third-order valence-electron chi connectivity index (χ3n) is 3.47. The number of amides is 1. The molecule has 0 saturated carbocycles. The molecule has 0 spiro atoms. The summed E-state index contributed by atoms with van der Waals surface area (Å²) in [6, 6.07) is 4.75. The van der Waals surface area contributed by atoms with Crippen LogP contribution >= 0.6 is 0 Å². The number of hydrogen-bond donors (Lipinski definition) is 2. The molecular formula is C14H20N2O3. The van der Waals surface area contributed by atoms with E-state index in [9.17, 15) is 9.90 Å². The quantitative estimate of drug-likeness (QED) is 0.843. The summed E-state index contributed by atoms with van der Waals surface area (Å²) in [6.45, 7) is 6.28. The van der Waals surface area contributed by atoms with Gasteiger partial charge in [0, 0.05) is 25.2 Å². The van der Waals surface area contributed by atoms with Gasteiger partial charge in [-0.15, -0.1) is 0 Å². The van der Waals surface area contributed by atoms with Crippen LogP contribution in [-0.4, -0.2) is 48.2 Å². The maximum atomic E-state index is 12.5. The summed E-state index contributed by atoms with van der Waals surface area (Å²) < 4.78 is 4.98. The van der Waals surface area contributed by atoms with Crippen molar-refractivity contribution in [2.24, 2.45) is 0 Å². The van der Waals surface area contributed by atoms with Crippen molar-refractivity contribution >= 4 is 5.91 Å². The average molecular weight is 264 g/mol. The third-order valence-corrected chi connectivity index (χ3v) is 3.47. The van der Waals surface area contributed by atoms with E-state index < -0.39 is 0 Å². The number of phenolic OH excluding ortho intramolecular Hbond substituents is 1. The van der Waals surface area contributed by atoms with Gasteiger partial charge in [0.2, 0.25) is 0 Å². The van der Waals surface area contributed by atoms with Crippen LogP contribution in [0.25, 0.3) is 0 Å². The molecule has 1 aromatic rings. The minimum absolute atomic E-state index is 0.0127. The van der Waals surface area contributed by atoms with Crippen LogP contribution in [0.15, 0.2) is 18.2 Å². The molecule has 2 N–H and O–H groups in total. The van der Waals surface area contributed by atoms with Gasteiger partial charge in [0.1, 0.15) is 0 Å². The summed E-state index contributed by atoms with van der Waals surface area (Å²) in [5.41, 5.74) is 0.249. The molecule has 104 valence electrons. The largest absolute Gasteiger partial charge is 0.504 e. The highest BCUT2D eigenvalue weighted by Crippen LogP contribution is 2.28. The normalized spacial score (nSPS) is 18.2. The molecular weight excluding hydrogens is 244 g/mol. The lowest BCUT2D eigenvalue weighted by Gasteiger charge is -2.42. The van der Waals surface area contributed by atoms with Crippen LogP contribution < -0.4 is 10.1 Å².